The SMILES string of the molecule is CC1(C)CCC(C)(C)c2cc(N3c4cc5c(cc4B4c6cc7c(cc6N(c6ccc8c(c6)C(C)(C)CCC8(C)C)c6nc(N(c8ccccc8)c8ccccc8)cc3c64)C(C)(C)CCC7(C)C)C(C)(C)CCC5(C)C)ccc21. The predicted octanol–water partition coefficient (Wildman–Crippen LogP) is 18.0. The van der Waals surface area contributed by atoms with Crippen LogP contribution in [-0.4, -0.2) is 11.7 Å². The van der Waals surface area contributed by atoms with Crippen LogP contribution in [0.1, 0.15) is 207 Å². The van der Waals surface area contributed by atoms with Gasteiger partial charge in [0.15, 0.2) is 0 Å². The Bertz CT molecular complexity index is 3380. The van der Waals surface area contributed by atoms with Crippen LogP contribution in [0.25, 0.3) is 0 Å². The van der Waals surface area contributed by atoms with Gasteiger partial charge in [0.1, 0.15) is 11.6 Å². The molecule has 0 saturated heterocycles. The highest BCUT2D eigenvalue weighted by molar-refractivity contribution is 7.00. The number of anilines is 9. The Hall–Kier alpha value is -6.07. The van der Waals surface area contributed by atoms with Gasteiger partial charge in [-0.1, -0.05) is 171 Å². The van der Waals surface area contributed by atoms with Crippen LogP contribution in [0.5, 0.6) is 0 Å². The number of rotatable bonds is 5. The molecule has 0 bridgehead atoms. The second kappa shape index (κ2) is 16.7. The van der Waals surface area contributed by atoms with Crippen molar-refractivity contribution in [2.24, 2.45) is 0 Å². The molecule has 0 fully saturated rings. The summed E-state index contributed by atoms with van der Waals surface area (Å²) in [5, 5.41) is 0. The van der Waals surface area contributed by atoms with E-state index in [9.17, 15) is 0 Å². The van der Waals surface area contributed by atoms with E-state index in [1.807, 2.05) is 0 Å². The Kier molecular flexibility index (Phi) is 11.0. The van der Waals surface area contributed by atoms with Gasteiger partial charge < -0.3 is 4.90 Å². The summed E-state index contributed by atoms with van der Waals surface area (Å²) in [6.45, 7) is 39.7. The van der Waals surface area contributed by atoms with E-state index in [4.69, 9.17) is 4.98 Å². The first-order valence-electron chi connectivity index (χ1n) is 29.8. The normalized spacial score (nSPS) is 21.4. The fourth-order valence-electron chi connectivity index (χ4n) is 15.6. The van der Waals surface area contributed by atoms with Crippen molar-refractivity contribution in [3.8, 4) is 0 Å². The largest absolute Gasteiger partial charge is 0.311 e. The van der Waals surface area contributed by atoms with Crippen LogP contribution in [0.4, 0.5) is 51.4 Å². The zero-order valence-electron chi connectivity index (χ0n) is 50.1. The molecular weight excluding hydrogens is 944 g/mol. The molecule has 5 heteroatoms. The summed E-state index contributed by atoms with van der Waals surface area (Å²) >= 11 is 0. The van der Waals surface area contributed by atoms with Crippen LogP contribution in [0, 0.1) is 0 Å². The van der Waals surface area contributed by atoms with Crippen molar-refractivity contribution in [3.63, 3.8) is 0 Å². The highest BCUT2D eigenvalue weighted by Crippen LogP contribution is 2.56. The molecule has 0 atom stereocenters. The van der Waals surface area contributed by atoms with E-state index >= 15 is 0 Å². The lowest BCUT2D eigenvalue weighted by Crippen LogP contribution is -2.62. The number of hydrogen-bond acceptors (Lipinski definition) is 4. The molecule has 0 radical (unpaired) electrons. The maximum Gasteiger partial charge on any atom is 0.254 e. The molecular formula is C73H85BN4. The second-order valence-corrected chi connectivity index (χ2v) is 30.3. The maximum atomic E-state index is 6.25. The van der Waals surface area contributed by atoms with Gasteiger partial charge in [-0.3, -0.25) is 9.80 Å². The van der Waals surface area contributed by atoms with Crippen molar-refractivity contribution in [2.45, 2.75) is 205 Å². The van der Waals surface area contributed by atoms with Crippen LogP contribution >= 0.6 is 0 Å². The van der Waals surface area contributed by atoms with Gasteiger partial charge in [-0.2, -0.15) is 0 Å². The number of aromatic nitrogens is 1. The molecule has 0 N–H and O–H groups in total. The third kappa shape index (κ3) is 7.69. The van der Waals surface area contributed by atoms with Crippen LogP contribution < -0.4 is 31.1 Å². The van der Waals surface area contributed by atoms with E-state index in [1.165, 1.54) is 102 Å². The monoisotopic (exact) mass is 1030 g/mol. The van der Waals surface area contributed by atoms with Crippen LogP contribution in [-0.2, 0) is 43.3 Å². The average Bonchev–Trinajstić information content (AvgIpc) is 2.28. The van der Waals surface area contributed by atoms with E-state index < -0.39 is 0 Å². The Morgan fingerprint density at radius 2 is 0.679 bits per heavy atom. The van der Waals surface area contributed by atoms with Crippen LogP contribution in [0.3, 0.4) is 0 Å². The fourth-order valence-corrected chi connectivity index (χ4v) is 15.6. The molecule has 6 aliphatic rings. The fraction of sp³-hybridized carbons (Fsp3) is 0.438. The predicted molar refractivity (Wildman–Crippen MR) is 334 cm³/mol. The van der Waals surface area contributed by atoms with Crippen LogP contribution in [0.2, 0.25) is 0 Å². The first kappa shape index (κ1) is 51.4. The summed E-state index contributed by atoms with van der Waals surface area (Å²) in [4.78, 5) is 14.0. The molecule has 0 amide bonds. The molecule has 400 valence electrons. The van der Waals surface area contributed by atoms with Crippen LogP contribution in [0.15, 0.2) is 127 Å². The zero-order valence-corrected chi connectivity index (χ0v) is 50.1. The molecule has 4 nitrogen and oxygen atoms in total. The third-order valence-corrected chi connectivity index (χ3v) is 21.3. The Balaban J connectivity index is 1.21. The standard InChI is InChI=1S/C73H85BN4/c1-66(2)31-33-68(5,6)52-39-48(27-29-50(52)66)77-60-43-56-54(70(9,10)35-37-72(56,13)14)41-58(60)74-59-42-55-57(73(15,16)38-36-71(55,11)12)44-61(59)78(49-28-30-51-53(40-49)69(7,8)34-32-67(51,3)4)65-64(74)62(77)45-63(75-65)76(46-23-19-17-20-24-46)47-25-21-18-22-26-47/h17-30,39-45H,31-38H2,1-16H3. The molecule has 0 spiro atoms. The highest BCUT2D eigenvalue weighted by atomic mass is 15.3. The smallest absolute Gasteiger partial charge is 0.254 e. The summed E-state index contributed by atoms with van der Waals surface area (Å²) in [6, 6.07) is 50.3. The quantitative estimate of drug-likeness (QED) is 0.160. The minimum absolute atomic E-state index is 0.00368. The van der Waals surface area contributed by atoms with Gasteiger partial charge in [0.05, 0.1) is 0 Å². The molecule has 7 aromatic rings. The second-order valence-electron chi connectivity index (χ2n) is 30.3. The van der Waals surface area contributed by atoms with E-state index in [0.29, 0.717) is 0 Å². The minimum Gasteiger partial charge on any atom is -0.311 e. The molecule has 4 aliphatic carbocycles. The summed E-state index contributed by atoms with van der Waals surface area (Å²) in [5.74, 6) is 1.92. The Labute approximate surface area is 469 Å². The number of pyridine rings is 1. The molecule has 13 rings (SSSR count). The first-order chi connectivity index (χ1) is 36.6. The summed E-state index contributed by atoms with van der Waals surface area (Å²) in [5.41, 5.74) is 24.5. The summed E-state index contributed by atoms with van der Waals surface area (Å²) in [7, 11) is 0. The van der Waals surface area contributed by atoms with E-state index in [-0.39, 0.29) is 50.0 Å². The van der Waals surface area contributed by atoms with Crippen molar-refractivity contribution in [1.82, 2.24) is 4.98 Å². The van der Waals surface area contributed by atoms with Gasteiger partial charge in [0.25, 0.3) is 6.71 Å². The number of benzene rings is 6. The van der Waals surface area contributed by atoms with E-state index in [2.05, 4.69) is 253 Å². The van der Waals surface area contributed by atoms with Crippen molar-refractivity contribution < 1.29 is 0 Å². The maximum absolute atomic E-state index is 6.25. The lowest BCUT2D eigenvalue weighted by molar-refractivity contribution is 0.332. The van der Waals surface area contributed by atoms with Gasteiger partial charge in [-0.25, -0.2) is 4.98 Å². The first-order valence-corrected chi connectivity index (χ1v) is 29.8. The molecule has 0 saturated carbocycles. The van der Waals surface area contributed by atoms with E-state index in [0.717, 1.165) is 61.5 Å². The van der Waals surface area contributed by atoms with Crippen molar-refractivity contribution >= 4 is 74.5 Å². The molecule has 78 heavy (non-hydrogen) atoms. The Morgan fingerprint density at radius 3 is 1.08 bits per heavy atom. The lowest BCUT2D eigenvalue weighted by Gasteiger charge is -2.49. The average molecular weight is 1030 g/mol. The summed E-state index contributed by atoms with van der Waals surface area (Å²) < 4.78 is 0. The molecule has 3 heterocycles. The molecule has 2 aliphatic heterocycles. The van der Waals surface area contributed by atoms with Gasteiger partial charge >= 0.3 is 0 Å². The highest BCUT2D eigenvalue weighted by Gasteiger charge is 2.50. The topological polar surface area (TPSA) is 22.6 Å². The number of nitrogens with zero attached hydrogens (tertiary/aromatic N) is 4. The van der Waals surface area contributed by atoms with Crippen molar-refractivity contribution in [2.75, 3.05) is 14.7 Å². The van der Waals surface area contributed by atoms with Crippen molar-refractivity contribution in [1.29, 1.82) is 0 Å². The van der Waals surface area contributed by atoms with Gasteiger partial charge in [0, 0.05) is 45.9 Å². The van der Waals surface area contributed by atoms with Gasteiger partial charge in [-0.15, -0.1) is 0 Å². The number of fused-ring (bicyclic) bond motifs is 8. The third-order valence-electron chi connectivity index (χ3n) is 21.3. The van der Waals surface area contributed by atoms with Gasteiger partial charge in [-0.05, 0) is 216 Å². The number of para-hydroxylation sites is 2. The van der Waals surface area contributed by atoms with Crippen molar-refractivity contribution in [3.05, 3.63) is 172 Å². The number of hydrogen-bond donors (Lipinski definition) is 0. The lowest BCUT2D eigenvalue weighted by atomic mass is 9.33. The Morgan fingerprint density at radius 1 is 0.346 bits per heavy atom. The molecule has 0 unspecified atom stereocenters. The summed E-state index contributed by atoms with van der Waals surface area (Å²) in [6.07, 6.45) is 9.27. The van der Waals surface area contributed by atoms with Gasteiger partial charge in [0.2, 0.25) is 0 Å². The minimum atomic E-state index is -0.0748. The van der Waals surface area contributed by atoms with E-state index in [1.54, 1.807) is 0 Å². The zero-order chi connectivity index (χ0) is 55.1. The molecule has 6 aromatic carbocycles. The molecule has 1 aromatic heterocycles.